The van der Waals surface area contributed by atoms with Crippen LogP contribution in [0.3, 0.4) is 0 Å². The standard InChI is InChI=1S/C15H15FN6O/c1-9-7-11(16)4-3-10(9)8-12-18-14(23-21-12)13-19-15-17-5-2-6-22(15)20-13/h3-4,7H,2,5-6,8H2,1H3,(H,17,19,20). The summed E-state index contributed by atoms with van der Waals surface area (Å²) in [5.74, 6) is 1.71. The molecule has 1 N–H and O–H groups in total. The number of nitrogens with one attached hydrogen (secondary N) is 1. The van der Waals surface area contributed by atoms with Gasteiger partial charge in [0.2, 0.25) is 11.8 Å². The zero-order chi connectivity index (χ0) is 15.8. The monoisotopic (exact) mass is 314 g/mol. The first-order valence-electron chi connectivity index (χ1n) is 7.46. The first kappa shape index (κ1) is 13.9. The Morgan fingerprint density at radius 1 is 1.35 bits per heavy atom. The third kappa shape index (κ3) is 2.67. The van der Waals surface area contributed by atoms with E-state index in [1.54, 1.807) is 10.7 Å². The summed E-state index contributed by atoms with van der Waals surface area (Å²) in [6, 6.07) is 4.66. The summed E-state index contributed by atoms with van der Waals surface area (Å²) in [5, 5.41) is 11.5. The Labute approximate surface area is 131 Å². The molecule has 1 aliphatic heterocycles. The highest BCUT2D eigenvalue weighted by atomic mass is 19.1. The molecule has 0 radical (unpaired) electrons. The molecular weight excluding hydrogens is 299 g/mol. The molecule has 0 spiro atoms. The highest BCUT2D eigenvalue weighted by molar-refractivity contribution is 5.44. The van der Waals surface area contributed by atoms with Crippen LogP contribution in [0, 0.1) is 12.7 Å². The average Bonchev–Trinajstić information content (AvgIpc) is 3.16. The normalized spacial score (nSPS) is 13.7. The Kier molecular flexibility index (Phi) is 3.29. The number of halogens is 1. The lowest BCUT2D eigenvalue weighted by molar-refractivity contribution is 0.420. The van der Waals surface area contributed by atoms with E-state index >= 15 is 0 Å². The summed E-state index contributed by atoms with van der Waals surface area (Å²) in [4.78, 5) is 8.71. The van der Waals surface area contributed by atoms with E-state index in [-0.39, 0.29) is 5.82 Å². The molecule has 0 atom stereocenters. The third-order valence-corrected chi connectivity index (χ3v) is 3.81. The summed E-state index contributed by atoms with van der Waals surface area (Å²) in [6.07, 6.45) is 1.48. The van der Waals surface area contributed by atoms with Gasteiger partial charge in [0.1, 0.15) is 5.82 Å². The largest absolute Gasteiger partial charge is 0.354 e. The van der Waals surface area contributed by atoms with E-state index in [4.69, 9.17) is 4.52 Å². The van der Waals surface area contributed by atoms with Gasteiger partial charge in [0.15, 0.2) is 5.82 Å². The van der Waals surface area contributed by atoms with Gasteiger partial charge in [-0.15, -0.1) is 5.10 Å². The van der Waals surface area contributed by atoms with Crippen LogP contribution in [0.2, 0.25) is 0 Å². The molecule has 23 heavy (non-hydrogen) atoms. The van der Waals surface area contributed by atoms with E-state index in [9.17, 15) is 4.39 Å². The maximum Gasteiger partial charge on any atom is 0.297 e. The molecule has 4 rings (SSSR count). The van der Waals surface area contributed by atoms with E-state index in [1.807, 2.05) is 6.92 Å². The van der Waals surface area contributed by atoms with Crippen LogP contribution < -0.4 is 5.32 Å². The fourth-order valence-electron chi connectivity index (χ4n) is 2.59. The van der Waals surface area contributed by atoms with Crippen molar-refractivity contribution in [2.24, 2.45) is 0 Å². The van der Waals surface area contributed by atoms with Crippen molar-refractivity contribution in [1.82, 2.24) is 24.9 Å². The van der Waals surface area contributed by atoms with Crippen LogP contribution in [0.1, 0.15) is 23.4 Å². The van der Waals surface area contributed by atoms with E-state index in [1.165, 1.54) is 12.1 Å². The lowest BCUT2D eigenvalue weighted by Crippen LogP contribution is -2.17. The zero-order valence-electron chi connectivity index (χ0n) is 12.6. The maximum absolute atomic E-state index is 13.1. The van der Waals surface area contributed by atoms with Crippen LogP contribution in [-0.2, 0) is 13.0 Å². The molecule has 3 heterocycles. The molecular formula is C15H15FN6O. The van der Waals surface area contributed by atoms with Crippen LogP contribution in [-0.4, -0.2) is 31.4 Å². The lowest BCUT2D eigenvalue weighted by atomic mass is 10.1. The maximum atomic E-state index is 13.1. The number of rotatable bonds is 3. The van der Waals surface area contributed by atoms with Gasteiger partial charge in [0.05, 0.1) is 0 Å². The molecule has 2 aromatic heterocycles. The fraction of sp³-hybridized carbons (Fsp3) is 0.333. The Morgan fingerprint density at radius 3 is 3.09 bits per heavy atom. The predicted molar refractivity (Wildman–Crippen MR) is 80.4 cm³/mol. The smallest absolute Gasteiger partial charge is 0.297 e. The van der Waals surface area contributed by atoms with Crippen molar-refractivity contribution in [2.45, 2.75) is 26.3 Å². The molecule has 0 fully saturated rings. The van der Waals surface area contributed by atoms with Gasteiger partial charge in [-0.05, 0) is 36.6 Å². The third-order valence-electron chi connectivity index (χ3n) is 3.81. The Hall–Kier alpha value is -2.77. The van der Waals surface area contributed by atoms with Crippen molar-refractivity contribution in [2.75, 3.05) is 11.9 Å². The molecule has 118 valence electrons. The quantitative estimate of drug-likeness (QED) is 0.798. The number of aryl methyl sites for hydroxylation is 2. The topological polar surface area (TPSA) is 81.7 Å². The second-order valence-electron chi connectivity index (χ2n) is 5.53. The lowest BCUT2D eigenvalue weighted by Gasteiger charge is -2.12. The molecule has 8 heteroatoms. The minimum Gasteiger partial charge on any atom is -0.354 e. The summed E-state index contributed by atoms with van der Waals surface area (Å²) in [7, 11) is 0. The first-order chi connectivity index (χ1) is 11.2. The number of aromatic nitrogens is 5. The Balaban J connectivity index is 1.58. The molecule has 1 aromatic carbocycles. The van der Waals surface area contributed by atoms with Crippen molar-refractivity contribution in [3.63, 3.8) is 0 Å². The van der Waals surface area contributed by atoms with E-state index in [2.05, 4.69) is 25.5 Å². The van der Waals surface area contributed by atoms with Crippen LogP contribution in [0.25, 0.3) is 11.7 Å². The SMILES string of the molecule is Cc1cc(F)ccc1Cc1noc(-c2nc3n(n2)CCCN3)n1. The minimum absolute atomic E-state index is 0.250. The van der Waals surface area contributed by atoms with Gasteiger partial charge >= 0.3 is 0 Å². The molecule has 0 amide bonds. The van der Waals surface area contributed by atoms with Crippen LogP contribution in [0.15, 0.2) is 22.7 Å². The number of anilines is 1. The van der Waals surface area contributed by atoms with E-state index in [0.29, 0.717) is 24.0 Å². The molecule has 3 aromatic rings. The van der Waals surface area contributed by atoms with Gasteiger partial charge in [-0.3, -0.25) is 0 Å². The zero-order valence-corrected chi connectivity index (χ0v) is 12.6. The number of nitrogens with zero attached hydrogens (tertiary/aromatic N) is 5. The van der Waals surface area contributed by atoms with Crippen LogP contribution in [0.4, 0.5) is 10.3 Å². The van der Waals surface area contributed by atoms with Gasteiger partial charge in [-0.2, -0.15) is 9.97 Å². The van der Waals surface area contributed by atoms with Crippen molar-refractivity contribution < 1.29 is 8.91 Å². The Morgan fingerprint density at radius 2 is 2.26 bits per heavy atom. The number of hydrogen-bond donors (Lipinski definition) is 1. The molecule has 0 saturated carbocycles. The summed E-state index contributed by atoms with van der Waals surface area (Å²) in [6.45, 7) is 3.57. The highest BCUT2D eigenvalue weighted by Gasteiger charge is 2.19. The molecule has 7 nitrogen and oxygen atoms in total. The first-order valence-corrected chi connectivity index (χ1v) is 7.46. The van der Waals surface area contributed by atoms with E-state index in [0.717, 1.165) is 36.6 Å². The fourth-order valence-corrected chi connectivity index (χ4v) is 2.59. The van der Waals surface area contributed by atoms with Crippen molar-refractivity contribution in [1.29, 1.82) is 0 Å². The van der Waals surface area contributed by atoms with Gasteiger partial charge in [0.25, 0.3) is 5.89 Å². The second-order valence-corrected chi connectivity index (χ2v) is 5.53. The number of fused-ring (bicyclic) bond motifs is 1. The van der Waals surface area contributed by atoms with Crippen molar-refractivity contribution >= 4 is 5.95 Å². The average molecular weight is 314 g/mol. The second kappa shape index (κ2) is 5.45. The van der Waals surface area contributed by atoms with Gasteiger partial charge < -0.3 is 9.84 Å². The van der Waals surface area contributed by atoms with Gasteiger partial charge in [-0.25, -0.2) is 9.07 Å². The molecule has 0 unspecified atom stereocenters. The molecule has 1 aliphatic rings. The number of benzene rings is 1. The highest BCUT2D eigenvalue weighted by Crippen LogP contribution is 2.20. The van der Waals surface area contributed by atoms with Crippen molar-refractivity contribution in [3.8, 4) is 11.7 Å². The minimum atomic E-state index is -0.250. The molecule has 0 saturated heterocycles. The molecule has 0 bridgehead atoms. The van der Waals surface area contributed by atoms with Gasteiger partial charge in [-0.1, -0.05) is 11.2 Å². The Bertz CT molecular complexity index is 832. The summed E-state index contributed by atoms with van der Waals surface area (Å²) < 4.78 is 20.2. The number of hydrogen-bond acceptors (Lipinski definition) is 6. The summed E-state index contributed by atoms with van der Waals surface area (Å²) >= 11 is 0. The molecule has 0 aliphatic carbocycles. The summed E-state index contributed by atoms with van der Waals surface area (Å²) in [5.41, 5.74) is 1.81. The van der Waals surface area contributed by atoms with Crippen LogP contribution in [0.5, 0.6) is 0 Å². The van der Waals surface area contributed by atoms with E-state index < -0.39 is 0 Å². The van der Waals surface area contributed by atoms with Gasteiger partial charge in [0, 0.05) is 19.5 Å². The van der Waals surface area contributed by atoms with Crippen molar-refractivity contribution in [3.05, 3.63) is 41.0 Å². The predicted octanol–water partition coefficient (Wildman–Crippen LogP) is 2.18. The van der Waals surface area contributed by atoms with Crippen LogP contribution >= 0.6 is 0 Å².